The van der Waals surface area contributed by atoms with Crippen LogP contribution in [-0.2, 0) is 6.54 Å². The van der Waals surface area contributed by atoms with Crippen LogP contribution in [0.4, 0.5) is 0 Å². The Bertz CT molecular complexity index is 505. The van der Waals surface area contributed by atoms with Gasteiger partial charge in [-0.3, -0.25) is 0 Å². The molecule has 1 aromatic carbocycles. The summed E-state index contributed by atoms with van der Waals surface area (Å²) < 4.78 is 4.42. The molecule has 0 atom stereocenters. The minimum absolute atomic E-state index is 0.640. The minimum Gasteiger partial charge on any atom is -0.312 e. The van der Waals surface area contributed by atoms with E-state index in [1.54, 1.807) is 0 Å². The number of hydrogen-bond donors (Lipinski definition) is 1. The highest BCUT2D eigenvalue weighted by atomic mass is 35.5. The van der Waals surface area contributed by atoms with E-state index in [9.17, 15) is 0 Å². The molecule has 1 heterocycles. The van der Waals surface area contributed by atoms with Gasteiger partial charge in [0, 0.05) is 17.0 Å². The van der Waals surface area contributed by atoms with E-state index in [1.807, 2.05) is 24.3 Å². The fourth-order valence-corrected chi connectivity index (χ4v) is 2.93. The molecule has 0 fully saturated rings. The lowest BCUT2D eigenvalue weighted by Gasteiger charge is -2.02. The molecule has 0 aliphatic heterocycles. The van der Waals surface area contributed by atoms with Crippen LogP contribution in [0, 0.1) is 0 Å². The summed E-state index contributed by atoms with van der Waals surface area (Å²) >= 11 is 13.8. The maximum absolute atomic E-state index is 6.16. The SMILES string of the molecule is CCCNCc1cc(-c2c(Cl)cccc2Cl)ns1. The topological polar surface area (TPSA) is 24.9 Å². The van der Waals surface area contributed by atoms with Crippen molar-refractivity contribution in [2.45, 2.75) is 19.9 Å². The summed E-state index contributed by atoms with van der Waals surface area (Å²) in [5, 5.41) is 4.63. The van der Waals surface area contributed by atoms with Crippen LogP contribution in [0.15, 0.2) is 24.3 Å². The Morgan fingerprint density at radius 3 is 2.67 bits per heavy atom. The summed E-state index contributed by atoms with van der Waals surface area (Å²) in [4.78, 5) is 1.19. The Kier molecular flexibility index (Phi) is 5.01. The summed E-state index contributed by atoms with van der Waals surface area (Å²) in [5.74, 6) is 0. The predicted octanol–water partition coefficient (Wildman–Crippen LogP) is 4.62. The molecular weight excluding hydrogens is 287 g/mol. The molecule has 18 heavy (non-hydrogen) atoms. The van der Waals surface area contributed by atoms with Gasteiger partial charge < -0.3 is 5.32 Å². The van der Waals surface area contributed by atoms with Gasteiger partial charge in [-0.2, -0.15) is 4.37 Å². The molecule has 5 heteroatoms. The molecule has 0 aliphatic rings. The third kappa shape index (κ3) is 3.23. The zero-order valence-electron chi connectivity index (χ0n) is 10.0. The van der Waals surface area contributed by atoms with Crippen molar-refractivity contribution in [1.29, 1.82) is 0 Å². The van der Waals surface area contributed by atoms with Crippen molar-refractivity contribution in [2.24, 2.45) is 0 Å². The monoisotopic (exact) mass is 300 g/mol. The van der Waals surface area contributed by atoms with Gasteiger partial charge in [-0.05, 0) is 42.7 Å². The molecule has 96 valence electrons. The van der Waals surface area contributed by atoms with Crippen molar-refractivity contribution >= 4 is 34.7 Å². The molecule has 0 aliphatic carbocycles. The van der Waals surface area contributed by atoms with E-state index in [0.29, 0.717) is 10.0 Å². The van der Waals surface area contributed by atoms with Crippen LogP contribution in [-0.4, -0.2) is 10.9 Å². The Balaban J connectivity index is 2.19. The molecule has 0 saturated carbocycles. The van der Waals surface area contributed by atoms with Gasteiger partial charge in [0.2, 0.25) is 0 Å². The van der Waals surface area contributed by atoms with Gasteiger partial charge in [-0.25, -0.2) is 0 Å². The zero-order valence-corrected chi connectivity index (χ0v) is 12.4. The van der Waals surface area contributed by atoms with E-state index < -0.39 is 0 Å². The van der Waals surface area contributed by atoms with Gasteiger partial charge >= 0.3 is 0 Å². The molecule has 0 bridgehead atoms. The average molecular weight is 301 g/mol. The highest BCUT2D eigenvalue weighted by molar-refractivity contribution is 7.06. The van der Waals surface area contributed by atoms with Gasteiger partial charge in [-0.15, -0.1) is 0 Å². The fraction of sp³-hybridized carbons (Fsp3) is 0.308. The van der Waals surface area contributed by atoms with E-state index in [4.69, 9.17) is 23.2 Å². The number of halogens is 2. The number of nitrogens with one attached hydrogen (secondary N) is 1. The van der Waals surface area contributed by atoms with Crippen molar-refractivity contribution < 1.29 is 0 Å². The second-order valence-electron chi connectivity index (χ2n) is 3.95. The first kappa shape index (κ1) is 13.8. The quantitative estimate of drug-likeness (QED) is 0.815. The van der Waals surface area contributed by atoms with Crippen LogP contribution in [0.5, 0.6) is 0 Å². The second kappa shape index (κ2) is 6.53. The van der Waals surface area contributed by atoms with E-state index in [1.165, 1.54) is 16.4 Å². The smallest absolute Gasteiger partial charge is 0.0874 e. The third-order valence-corrected chi connectivity index (χ3v) is 3.92. The van der Waals surface area contributed by atoms with Gasteiger partial charge in [0.15, 0.2) is 0 Å². The van der Waals surface area contributed by atoms with Crippen molar-refractivity contribution in [3.8, 4) is 11.3 Å². The highest BCUT2D eigenvalue weighted by Crippen LogP contribution is 2.34. The summed E-state index contributed by atoms with van der Waals surface area (Å²) in [6.07, 6.45) is 1.13. The number of benzene rings is 1. The number of nitrogens with zero attached hydrogens (tertiary/aromatic N) is 1. The largest absolute Gasteiger partial charge is 0.312 e. The normalized spacial score (nSPS) is 10.8. The van der Waals surface area contributed by atoms with Crippen molar-refractivity contribution in [2.75, 3.05) is 6.54 Å². The Morgan fingerprint density at radius 1 is 1.28 bits per heavy atom. The first-order valence-electron chi connectivity index (χ1n) is 5.83. The van der Waals surface area contributed by atoms with E-state index >= 15 is 0 Å². The molecule has 0 amide bonds. The molecule has 0 saturated heterocycles. The van der Waals surface area contributed by atoms with Gasteiger partial charge in [0.1, 0.15) is 0 Å². The van der Waals surface area contributed by atoms with Crippen LogP contribution in [0.2, 0.25) is 10.0 Å². The Hall–Kier alpha value is -0.610. The minimum atomic E-state index is 0.640. The predicted molar refractivity (Wildman–Crippen MR) is 79.6 cm³/mol. The summed E-state index contributed by atoms with van der Waals surface area (Å²) in [7, 11) is 0. The second-order valence-corrected chi connectivity index (χ2v) is 5.66. The third-order valence-electron chi connectivity index (χ3n) is 2.50. The summed E-state index contributed by atoms with van der Waals surface area (Å²) in [6.45, 7) is 4.00. The van der Waals surface area contributed by atoms with Crippen LogP contribution < -0.4 is 5.32 Å². The lowest BCUT2D eigenvalue weighted by molar-refractivity contribution is 0.681. The lowest BCUT2D eigenvalue weighted by Crippen LogP contribution is -2.12. The van der Waals surface area contributed by atoms with Crippen molar-refractivity contribution in [1.82, 2.24) is 9.69 Å². The Labute approximate surface area is 121 Å². The molecule has 2 nitrogen and oxygen atoms in total. The number of rotatable bonds is 5. The molecule has 0 unspecified atom stereocenters. The lowest BCUT2D eigenvalue weighted by atomic mass is 10.1. The first-order chi connectivity index (χ1) is 8.72. The first-order valence-corrected chi connectivity index (χ1v) is 7.36. The molecule has 2 rings (SSSR count). The van der Waals surface area contributed by atoms with Gasteiger partial charge in [0.25, 0.3) is 0 Å². The average Bonchev–Trinajstić information content (AvgIpc) is 2.78. The van der Waals surface area contributed by atoms with Crippen LogP contribution >= 0.6 is 34.7 Å². The van der Waals surface area contributed by atoms with E-state index in [-0.39, 0.29) is 0 Å². The molecule has 2 aromatic rings. The molecule has 1 aromatic heterocycles. The molecule has 0 spiro atoms. The van der Waals surface area contributed by atoms with Crippen LogP contribution in [0.3, 0.4) is 0 Å². The summed E-state index contributed by atoms with van der Waals surface area (Å²) in [6, 6.07) is 7.54. The molecular formula is C13H14Cl2N2S. The fourth-order valence-electron chi connectivity index (χ4n) is 1.64. The Morgan fingerprint density at radius 2 is 2.00 bits per heavy atom. The van der Waals surface area contributed by atoms with Gasteiger partial charge in [-0.1, -0.05) is 36.2 Å². The summed E-state index contributed by atoms with van der Waals surface area (Å²) in [5.41, 5.74) is 1.67. The standard InChI is InChI=1S/C13H14Cl2N2S/c1-2-6-16-8-9-7-12(17-18-9)13-10(14)4-3-5-11(13)15/h3-5,7,16H,2,6,8H2,1H3. The zero-order chi connectivity index (χ0) is 13.0. The maximum Gasteiger partial charge on any atom is 0.0874 e. The van der Waals surface area contributed by atoms with E-state index in [0.717, 1.165) is 30.8 Å². The van der Waals surface area contributed by atoms with E-state index in [2.05, 4.69) is 16.6 Å². The van der Waals surface area contributed by atoms with Gasteiger partial charge in [0.05, 0.1) is 15.7 Å². The van der Waals surface area contributed by atoms with Crippen LogP contribution in [0.25, 0.3) is 11.3 Å². The van der Waals surface area contributed by atoms with Crippen molar-refractivity contribution in [3.05, 3.63) is 39.2 Å². The van der Waals surface area contributed by atoms with Crippen LogP contribution in [0.1, 0.15) is 18.2 Å². The number of aromatic nitrogens is 1. The molecule has 0 radical (unpaired) electrons. The maximum atomic E-state index is 6.16. The number of hydrogen-bond acceptors (Lipinski definition) is 3. The molecule has 1 N–H and O–H groups in total. The van der Waals surface area contributed by atoms with Crippen molar-refractivity contribution in [3.63, 3.8) is 0 Å². The highest BCUT2D eigenvalue weighted by Gasteiger charge is 2.11.